The van der Waals surface area contributed by atoms with E-state index in [0.29, 0.717) is 0 Å². The number of hydrogen-bond acceptors (Lipinski definition) is 0. The Morgan fingerprint density at radius 2 is 2.56 bits per heavy atom. The average Bonchev–Trinajstić information content (AvgIpc) is 2.34. The molecule has 1 aliphatic rings. The highest BCUT2D eigenvalue weighted by Crippen LogP contribution is 2.11. The van der Waals surface area contributed by atoms with E-state index < -0.39 is 0 Å². The molecule has 0 heterocycles. The summed E-state index contributed by atoms with van der Waals surface area (Å²) in [6.07, 6.45) is 13.1. The summed E-state index contributed by atoms with van der Waals surface area (Å²) >= 11 is 0. The molecule has 0 unspecified atom stereocenters. The van der Waals surface area contributed by atoms with E-state index >= 15 is 0 Å². The molecule has 0 aromatic carbocycles. The smallest absolute Gasteiger partial charge is 0.00944 e. The Morgan fingerprint density at radius 1 is 1.67 bits per heavy atom. The fourth-order valence-electron chi connectivity index (χ4n) is 0.857. The normalized spacial score (nSPS) is 17.2. The van der Waals surface area contributed by atoms with E-state index in [1.807, 2.05) is 0 Å². The van der Waals surface area contributed by atoms with Gasteiger partial charge >= 0.3 is 0 Å². The molecule has 0 spiro atoms. The summed E-state index contributed by atoms with van der Waals surface area (Å²) in [5, 5.41) is 0. The summed E-state index contributed by atoms with van der Waals surface area (Å²) in [6, 6.07) is 0. The second-order valence-electron chi connectivity index (χ2n) is 2.18. The van der Waals surface area contributed by atoms with Crippen LogP contribution in [-0.4, -0.2) is 0 Å². The molecule has 0 aromatic rings. The van der Waals surface area contributed by atoms with Gasteiger partial charge in [0, 0.05) is 0 Å². The SMILES string of the molecule is CCC=CC1=CC=CC1. The van der Waals surface area contributed by atoms with Crippen molar-refractivity contribution < 1.29 is 0 Å². The van der Waals surface area contributed by atoms with Crippen LogP contribution in [0.5, 0.6) is 0 Å². The highest BCUT2D eigenvalue weighted by Gasteiger charge is 1.90. The minimum Gasteiger partial charge on any atom is -0.0845 e. The van der Waals surface area contributed by atoms with Crippen LogP contribution in [0, 0.1) is 0 Å². The fraction of sp³-hybridized carbons (Fsp3) is 0.333. The molecule has 0 saturated heterocycles. The van der Waals surface area contributed by atoms with Gasteiger partial charge in [-0.15, -0.1) is 0 Å². The van der Waals surface area contributed by atoms with Gasteiger partial charge in [0.1, 0.15) is 0 Å². The van der Waals surface area contributed by atoms with Crippen molar-refractivity contribution in [2.24, 2.45) is 0 Å². The van der Waals surface area contributed by atoms with Crippen LogP contribution in [0.3, 0.4) is 0 Å². The maximum atomic E-state index is 2.19. The van der Waals surface area contributed by atoms with Gasteiger partial charge < -0.3 is 0 Å². The van der Waals surface area contributed by atoms with Crippen molar-refractivity contribution in [3.63, 3.8) is 0 Å². The summed E-state index contributed by atoms with van der Waals surface area (Å²) in [6.45, 7) is 2.15. The molecule has 1 aliphatic carbocycles. The van der Waals surface area contributed by atoms with Gasteiger partial charge in [0.2, 0.25) is 0 Å². The van der Waals surface area contributed by atoms with Crippen LogP contribution in [0.15, 0.2) is 36.0 Å². The number of allylic oxidation sites excluding steroid dienone is 6. The summed E-state index contributed by atoms with van der Waals surface area (Å²) < 4.78 is 0. The summed E-state index contributed by atoms with van der Waals surface area (Å²) in [7, 11) is 0. The first-order chi connectivity index (χ1) is 4.43. The van der Waals surface area contributed by atoms with Gasteiger partial charge in [-0.3, -0.25) is 0 Å². The summed E-state index contributed by atoms with van der Waals surface area (Å²) in [5.74, 6) is 0. The zero-order chi connectivity index (χ0) is 6.53. The van der Waals surface area contributed by atoms with Crippen molar-refractivity contribution in [1.82, 2.24) is 0 Å². The third-order valence-corrected chi connectivity index (χ3v) is 1.37. The van der Waals surface area contributed by atoms with Crippen molar-refractivity contribution >= 4 is 0 Å². The first-order valence-electron chi connectivity index (χ1n) is 3.45. The van der Waals surface area contributed by atoms with Gasteiger partial charge in [0.15, 0.2) is 0 Å². The van der Waals surface area contributed by atoms with Crippen LogP contribution in [0.25, 0.3) is 0 Å². The Labute approximate surface area is 56.6 Å². The lowest BCUT2D eigenvalue weighted by Crippen LogP contribution is -1.67. The van der Waals surface area contributed by atoms with Crippen LogP contribution in [0.1, 0.15) is 19.8 Å². The molecule has 0 aliphatic heterocycles. The molecule has 0 radical (unpaired) electrons. The molecule has 0 N–H and O–H groups in total. The third kappa shape index (κ3) is 1.88. The Hall–Kier alpha value is -0.780. The van der Waals surface area contributed by atoms with Crippen molar-refractivity contribution in [1.29, 1.82) is 0 Å². The molecular weight excluding hydrogens is 108 g/mol. The Bertz CT molecular complexity index is 159. The first-order valence-corrected chi connectivity index (χ1v) is 3.45. The van der Waals surface area contributed by atoms with Crippen molar-refractivity contribution in [3.8, 4) is 0 Å². The monoisotopic (exact) mass is 120 g/mol. The van der Waals surface area contributed by atoms with Gasteiger partial charge in [0.05, 0.1) is 0 Å². The van der Waals surface area contributed by atoms with E-state index in [2.05, 4.69) is 37.3 Å². The quantitative estimate of drug-likeness (QED) is 0.525. The Balaban J connectivity index is 2.38. The first kappa shape index (κ1) is 6.34. The van der Waals surface area contributed by atoms with Crippen LogP contribution in [0.2, 0.25) is 0 Å². The second kappa shape index (κ2) is 3.29. The maximum Gasteiger partial charge on any atom is -0.00944 e. The molecule has 9 heavy (non-hydrogen) atoms. The van der Waals surface area contributed by atoms with E-state index in [4.69, 9.17) is 0 Å². The van der Waals surface area contributed by atoms with Gasteiger partial charge in [-0.2, -0.15) is 0 Å². The van der Waals surface area contributed by atoms with E-state index in [9.17, 15) is 0 Å². The zero-order valence-corrected chi connectivity index (χ0v) is 5.80. The number of hydrogen-bond donors (Lipinski definition) is 0. The topological polar surface area (TPSA) is 0 Å². The van der Waals surface area contributed by atoms with E-state index in [-0.39, 0.29) is 0 Å². The molecule has 0 amide bonds. The lowest BCUT2D eigenvalue weighted by molar-refractivity contribution is 1.21. The molecule has 0 heteroatoms. The summed E-state index contributed by atoms with van der Waals surface area (Å²) in [5.41, 5.74) is 1.43. The van der Waals surface area contributed by atoms with Gasteiger partial charge in [-0.1, -0.05) is 37.3 Å². The predicted molar refractivity (Wildman–Crippen MR) is 41.3 cm³/mol. The predicted octanol–water partition coefficient (Wildman–Crippen LogP) is 2.84. The average molecular weight is 120 g/mol. The number of rotatable bonds is 2. The van der Waals surface area contributed by atoms with Crippen LogP contribution in [-0.2, 0) is 0 Å². The van der Waals surface area contributed by atoms with Crippen LogP contribution < -0.4 is 0 Å². The van der Waals surface area contributed by atoms with Gasteiger partial charge in [-0.25, -0.2) is 0 Å². The fourth-order valence-corrected chi connectivity index (χ4v) is 0.857. The van der Waals surface area contributed by atoms with Crippen LogP contribution >= 0.6 is 0 Å². The third-order valence-electron chi connectivity index (χ3n) is 1.37. The lowest BCUT2D eigenvalue weighted by Gasteiger charge is -1.87. The van der Waals surface area contributed by atoms with Gasteiger partial charge in [-0.05, 0) is 18.4 Å². The van der Waals surface area contributed by atoms with E-state index in [0.717, 1.165) is 12.8 Å². The standard InChI is InChI=1S/C9H12/c1-2-3-6-9-7-4-5-8-9/h3-7H,2,8H2,1H3. The van der Waals surface area contributed by atoms with Gasteiger partial charge in [0.25, 0.3) is 0 Å². The van der Waals surface area contributed by atoms with Crippen LogP contribution in [0.4, 0.5) is 0 Å². The highest BCUT2D eigenvalue weighted by atomic mass is 14.0. The molecule has 0 bridgehead atoms. The highest BCUT2D eigenvalue weighted by molar-refractivity contribution is 5.31. The minimum atomic E-state index is 1.12. The van der Waals surface area contributed by atoms with E-state index in [1.165, 1.54) is 5.57 Å². The molecule has 0 saturated carbocycles. The van der Waals surface area contributed by atoms with Crippen molar-refractivity contribution in [3.05, 3.63) is 36.0 Å². The molecule has 48 valence electrons. The molecule has 1 rings (SSSR count). The molecule has 0 nitrogen and oxygen atoms in total. The molecule has 0 atom stereocenters. The molecular formula is C9H12. The molecule has 0 fully saturated rings. The zero-order valence-electron chi connectivity index (χ0n) is 5.80. The summed E-state index contributed by atoms with van der Waals surface area (Å²) in [4.78, 5) is 0. The Morgan fingerprint density at radius 3 is 3.11 bits per heavy atom. The Kier molecular flexibility index (Phi) is 2.32. The largest absolute Gasteiger partial charge is 0.0845 e. The molecule has 0 aromatic heterocycles. The van der Waals surface area contributed by atoms with Crippen molar-refractivity contribution in [2.75, 3.05) is 0 Å². The second-order valence-corrected chi connectivity index (χ2v) is 2.18. The van der Waals surface area contributed by atoms with E-state index in [1.54, 1.807) is 0 Å². The maximum absolute atomic E-state index is 2.19. The lowest BCUT2D eigenvalue weighted by atomic mass is 10.2. The minimum absolute atomic E-state index is 1.12. The van der Waals surface area contributed by atoms with Crippen molar-refractivity contribution in [2.45, 2.75) is 19.8 Å².